The van der Waals surface area contributed by atoms with Crippen LogP contribution in [0.5, 0.6) is 5.88 Å². The Kier molecular flexibility index (Phi) is 3.92. The van der Waals surface area contributed by atoms with Crippen molar-refractivity contribution in [2.75, 3.05) is 13.7 Å². The minimum Gasteiger partial charge on any atom is -0.481 e. The summed E-state index contributed by atoms with van der Waals surface area (Å²) in [6.45, 7) is 3.31. The minimum absolute atomic E-state index is 0.645. The lowest BCUT2D eigenvalue weighted by molar-refractivity contribution is 0.206. The summed E-state index contributed by atoms with van der Waals surface area (Å²) < 4.78 is 7.36. The van der Waals surface area contributed by atoms with Crippen LogP contribution in [0.2, 0.25) is 0 Å². The van der Waals surface area contributed by atoms with E-state index in [9.17, 15) is 0 Å². The molecule has 4 rings (SSSR count). The van der Waals surface area contributed by atoms with Gasteiger partial charge in [0.2, 0.25) is 5.88 Å². The maximum Gasteiger partial charge on any atom is 0.213 e. The predicted molar refractivity (Wildman–Crippen MR) is 88.2 cm³/mol. The van der Waals surface area contributed by atoms with Gasteiger partial charge in [0, 0.05) is 43.7 Å². The second kappa shape index (κ2) is 6.37. The molecule has 3 aromatic rings. The van der Waals surface area contributed by atoms with Crippen molar-refractivity contribution >= 4 is 0 Å². The molecule has 122 valence electrons. The second-order valence-corrected chi connectivity index (χ2v) is 5.72. The average Bonchev–Trinajstić information content (AvgIpc) is 3.06. The fourth-order valence-electron chi connectivity index (χ4n) is 2.94. The average molecular weight is 322 g/mol. The van der Waals surface area contributed by atoms with Crippen molar-refractivity contribution in [2.45, 2.75) is 19.6 Å². The van der Waals surface area contributed by atoms with E-state index < -0.39 is 0 Å². The van der Waals surface area contributed by atoms with E-state index in [0.717, 1.165) is 49.1 Å². The van der Waals surface area contributed by atoms with Crippen LogP contribution in [0.15, 0.2) is 42.7 Å². The van der Waals surface area contributed by atoms with Crippen molar-refractivity contribution in [3.63, 3.8) is 0 Å². The van der Waals surface area contributed by atoms with E-state index in [2.05, 4.69) is 29.6 Å². The molecule has 0 spiro atoms. The maximum atomic E-state index is 5.19. The van der Waals surface area contributed by atoms with Crippen LogP contribution >= 0.6 is 0 Å². The van der Waals surface area contributed by atoms with Crippen LogP contribution in [0, 0.1) is 0 Å². The Bertz CT molecular complexity index is 832. The Morgan fingerprint density at radius 1 is 1.12 bits per heavy atom. The third-order valence-electron chi connectivity index (χ3n) is 4.13. The number of hydrogen-bond acceptors (Lipinski definition) is 6. The number of aromatic nitrogens is 5. The Labute approximate surface area is 140 Å². The first-order valence-electron chi connectivity index (χ1n) is 7.88. The Hall–Kier alpha value is -2.80. The number of pyridine rings is 2. The van der Waals surface area contributed by atoms with Gasteiger partial charge in [-0.05, 0) is 18.2 Å². The molecule has 3 aromatic heterocycles. The molecule has 7 nitrogen and oxygen atoms in total. The SMILES string of the molecule is COc1cccc(CN2CCn3c(nnc3-c3cccnc3)C2)n1. The van der Waals surface area contributed by atoms with Crippen molar-refractivity contribution in [2.24, 2.45) is 0 Å². The number of ether oxygens (including phenoxy) is 1. The van der Waals surface area contributed by atoms with Gasteiger partial charge in [-0.3, -0.25) is 9.88 Å². The molecule has 0 radical (unpaired) electrons. The largest absolute Gasteiger partial charge is 0.481 e. The Morgan fingerprint density at radius 3 is 2.92 bits per heavy atom. The summed E-state index contributed by atoms with van der Waals surface area (Å²) in [5.74, 6) is 2.51. The van der Waals surface area contributed by atoms with Gasteiger partial charge in [-0.2, -0.15) is 0 Å². The molecule has 7 heteroatoms. The lowest BCUT2D eigenvalue weighted by atomic mass is 10.2. The molecule has 0 saturated carbocycles. The summed E-state index contributed by atoms with van der Waals surface area (Å²) in [5.41, 5.74) is 1.99. The molecular weight excluding hydrogens is 304 g/mol. The third kappa shape index (κ3) is 2.85. The smallest absolute Gasteiger partial charge is 0.213 e. The summed E-state index contributed by atoms with van der Waals surface area (Å²) in [7, 11) is 1.63. The van der Waals surface area contributed by atoms with E-state index in [1.54, 1.807) is 13.3 Å². The standard InChI is InChI=1S/C17H18N6O/c1-24-16-6-2-5-14(19-16)11-22-8-9-23-15(12-22)20-21-17(23)13-4-3-7-18-10-13/h2-7,10H,8-9,11-12H2,1H3. The molecule has 0 unspecified atom stereocenters. The summed E-state index contributed by atoms with van der Waals surface area (Å²) in [6, 6.07) is 9.77. The number of rotatable bonds is 4. The molecule has 1 aliphatic heterocycles. The van der Waals surface area contributed by atoms with Gasteiger partial charge in [-0.1, -0.05) is 6.07 Å². The lowest BCUT2D eigenvalue weighted by Crippen LogP contribution is -2.33. The fraction of sp³-hybridized carbons (Fsp3) is 0.294. The van der Waals surface area contributed by atoms with E-state index in [4.69, 9.17) is 4.74 Å². The highest BCUT2D eigenvalue weighted by atomic mass is 16.5. The third-order valence-corrected chi connectivity index (χ3v) is 4.13. The lowest BCUT2D eigenvalue weighted by Gasteiger charge is -2.27. The van der Waals surface area contributed by atoms with E-state index in [1.807, 2.05) is 36.5 Å². The van der Waals surface area contributed by atoms with Crippen LogP contribution in [0.1, 0.15) is 11.5 Å². The molecule has 0 amide bonds. The topological polar surface area (TPSA) is 69.0 Å². The van der Waals surface area contributed by atoms with Gasteiger partial charge < -0.3 is 9.30 Å². The van der Waals surface area contributed by atoms with E-state index in [0.29, 0.717) is 5.88 Å². The minimum atomic E-state index is 0.645. The van der Waals surface area contributed by atoms with Crippen LogP contribution in [0.25, 0.3) is 11.4 Å². The molecule has 1 aliphatic rings. The molecule has 0 bridgehead atoms. The van der Waals surface area contributed by atoms with Crippen molar-refractivity contribution in [1.82, 2.24) is 29.6 Å². The van der Waals surface area contributed by atoms with Gasteiger partial charge in [0.05, 0.1) is 19.3 Å². The number of methoxy groups -OCH3 is 1. The molecule has 0 atom stereocenters. The van der Waals surface area contributed by atoms with Gasteiger partial charge in [-0.25, -0.2) is 4.98 Å². The fourth-order valence-corrected chi connectivity index (χ4v) is 2.94. The molecular formula is C17H18N6O. The van der Waals surface area contributed by atoms with Gasteiger partial charge in [-0.15, -0.1) is 10.2 Å². The monoisotopic (exact) mass is 322 g/mol. The summed E-state index contributed by atoms with van der Waals surface area (Å²) in [6.07, 6.45) is 3.59. The van der Waals surface area contributed by atoms with Crippen LogP contribution in [0.4, 0.5) is 0 Å². The number of hydrogen-bond donors (Lipinski definition) is 0. The summed E-state index contributed by atoms with van der Waals surface area (Å²) in [4.78, 5) is 11.0. The summed E-state index contributed by atoms with van der Waals surface area (Å²) >= 11 is 0. The number of fused-ring (bicyclic) bond motifs is 1. The van der Waals surface area contributed by atoms with E-state index in [1.165, 1.54) is 0 Å². The second-order valence-electron chi connectivity index (χ2n) is 5.72. The predicted octanol–water partition coefficient (Wildman–Crippen LogP) is 1.76. The first-order valence-corrected chi connectivity index (χ1v) is 7.88. The van der Waals surface area contributed by atoms with Gasteiger partial charge >= 0.3 is 0 Å². The highest BCUT2D eigenvalue weighted by molar-refractivity contribution is 5.53. The van der Waals surface area contributed by atoms with Crippen LogP contribution in [-0.2, 0) is 19.6 Å². The van der Waals surface area contributed by atoms with Crippen molar-refractivity contribution in [1.29, 1.82) is 0 Å². The molecule has 4 heterocycles. The van der Waals surface area contributed by atoms with Crippen LogP contribution in [0.3, 0.4) is 0 Å². The Morgan fingerprint density at radius 2 is 2.08 bits per heavy atom. The van der Waals surface area contributed by atoms with Crippen LogP contribution < -0.4 is 4.74 Å². The summed E-state index contributed by atoms with van der Waals surface area (Å²) in [5, 5.41) is 8.70. The zero-order chi connectivity index (χ0) is 16.4. The van der Waals surface area contributed by atoms with Gasteiger partial charge in [0.25, 0.3) is 0 Å². The normalized spacial score (nSPS) is 14.4. The van der Waals surface area contributed by atoms with Crippen molar-refractivity contribution in [3.8, 4) is 17.3 Å². The van der Waals surface area contributed by atoms with Crippen LogP contribution in [-0.4, -0.2) is 43.3 Å². The molecule has 24 heavy (non-hydrogen) atoms. The van der Waals surface area contributed by atoms with E-state index in [-0.39, 0.29) is 0 Å². The highest BCUT2D eigenvalue weighted by Gasteiger charge is 2.22. The molecule has 0 fully saturated rings. The van der Waals surface area contributed by atoms with Gasteiger partial charge in [0.1, 0.15) is 5.82 Å². The van der Waals surface area contributed by atoms with E-state index >= 15 is 0 Å². The molecule has 0 aromatic carbocycles. The first-order chi connectivity index (χ1) is 11.8. The number of nitrogens with zero attached hydrogens (tertiary/aromatic N) is 6. The molecule has 0 saturated heterocycles. The quantitative estimate of drug-likeness (QED) is 0.729. The maximum absolute atomic E-state index is 5.19. The highest BCUT2D eigenvalue weighted by Crippen LogP contribution is 2.21. The zero-order valence-corrected chi connectivity index (χ0v) is 13.5. The first kappa shape index (κ1) is 14.8. The van der Waals surface area contributed by atoms with Crippen molar-refractivity contribution < 1.29 is 4.74 Å². The van der Waals surface area contributed by atoms with Crippen molar-refractivity contribution in [3.05, 3.63) is 54.2 Å². The molecule has 0 N–H and O–H groups in total. The molecule has 0 aliphatic carbocycles. The van der Waals surface area contributed by atoms with Gasteiger partial charge in [0.15, 0.2) is 5.82 Å². The zero-order valence-electron chi connectivity index (χ0n) is 13.5. The Balaban J connectivity index is 1.51.